The first kappa shape index (κ1) is 12.0. The number of amides is 1. The number of hydrogen-bond donors (Lipinski definition) is 1. The number of halogens is 2. The first-order valence-electron chi connectivity index (χ1n) is 4.59. The van der Waals surface area contributed by atoms with Crippen molar-refractivity contribution in [3.8, 4) is 0 Å². The average Bonchev–Trinajstić information content (AvgIpc) is 2.21. The van der Waals surface area contributed by atoms with E-state index >= 15 is 0 Å². The van der Waals surface area contributed by atoms with E-state index in [0.717, 1.165) is 0 Å². The molecule has 15 heavy (non-hydrogen) atoms. The van der Waals surface area contributed by atoms with E-state index in [-0.39, 0.29) is 17.6 Å². The van der Waals surface area contributed by atoms with Crippen molar-refractivity contribution in [2.24, 2.45) is 5.41 Å². The highest BCUT2D eigenvalue weighted by molar-refractivity contribution is 6.20. The van der Waals surface area contributed by atoms with Gasteiger partial charge in [0.2, 0.25) is 5.91 Å². The van der Waals surface area contributed by atoms with Crippen molar-refractivity contribution in [1.29, 1.82) is 0 Å². The Morgan fingerprint density at radius 3 is 2.40 bits per heavy atom. The predicted octanol–water partition coefficient (Wildman–Crippen LogP) is 3.03. The molecule has 0 radical (unpaired) electrons. The van der Waals surface area contributed by atoms with E-state index < -0.39 is 5.41 Å². The summed E-state index contributed by atoms with van der Waals surface area (Å²) in [5, 5.41) is 2.67. The molecule has 0 aliphatic heterocycles. The Hall–Kier alpha value is -1.09. The van der Waals surface area contributed by atoms with Gasteiger partial charge in [-0.15, -0.1) is 11.6 Å². The molecule has 1 aromatic carbocycles. The average molecular weight is 230 g/mol. The number of carbonyl (C=O) groups excluding carboxylic acids is 1. The van der Waals surface area contributed by atoms with Crippen LogP contribution in [0.15, 0.2) is 24.3 Å². The molecule has 0 bridgehead atoms. The lowest BCUT2D eigenvalue weighted by Crippen LogP contribution is -2.32. The maximum absolute atomic E-state index is 12.6. The SMILES string of the molecule is CC(C)(CCl)C(=O)Nc1ccc(F)cc1. The highest BCUT2D eigenvalue weighted by Gasteiger charge is 2.26. The van der Waals surface area contributed by atoms with Crippen LogP contribution < -0.4 is 5.32 Å². The van der Waals surface area contributed by atoms with E-state index in [4.69, 9.17) is 11.6 Å². The van der Waals surface area contributed by atoms with Gasteiger partial charge in [-0.1, -0.05) is 0 Å². The molecule has 0 aliphatic rings. The standard InChI is InChI=1S/C11H13ClFNO/c1-11(2,7-12)10(15)14-9-5-3-8(13)4-6-9/h3-6H,7H2,1-2H3,(H,14,15). The topological polar surface area (TPSA) is 29.1 Å². The zero-order valence-electron chi connectivity index (χ0n) is 8.68. The summed E-state index contributed by atoms with van der Waals surface area (Å²) in [5.74, 6) is -0.270. The summed E-state index contributed by atoms with van der Waals surface area (Å²) < 4.78 is 12.6. The van der Waals surface area contributed by atoms with Crippen LogP contribution >= 0.6 is 11.6 Å². The summed E-state index contributed by atoms with van der Waals surface area (Å²) in [7, 11) is 0. The third-order valence-corrected chi connectivity index (χ3v) is 2.72. The third kappa shape index (κ3) is 3.20. The zero-order valence-corrected chi connectivity index (χ0v) is 9.44. The van der Waals surface area contributed by atoms with Gasteiger partial charge in [-0.05, 0) is 38.1 Å². The molecule has 2 nitrogen and oxygen atoms in total. The lowest BCUT2D eigenvalue weighted by molar-refractivity contribution is -0.122. The normalized spacial score (nSPS) is 11.2. The molecule has 1 aromatic rings. The fourth-order valence-corrected chi connectivity index (χ4v) is 1.02. The number of hydrogen-bond acceptors (Lipinski definition) is 1. The molecule has 0 aliphatic carbocycles. The summed E-state index contributed by atoms with van der Waals surface area (Å²) >= 11 is 5.66. The molecule has 82 valence electrons. The van der Waals surface area contributed by atoms with Gasteiger partial charge in [0.25, 0.3) is 0 Å². The smallest absolute Gasteiger partial charge is 0.231 e. The van der Waals surface area contributed by atoms with Crippen LogP contribution in [0.4, 0.5) is 10.1 Å². The first-order valence-corrected chi connectivity index (χ1v) is 5.12. The van der Waals surface area contributed by atoms with Gasteiger partial charge in [-0.25, -0.2) is 4.39 Å². The quantitative estimate of drug-likeness (QED) is 0.794. The van der Waals surface area contributed by atoms with Crippen molar-refractivity contribution in [3.63, 3.8) is 0 Å². The van der Waals surface area contributed by atoms with Crippen molar-refractivity contribution >= 4 is 23.2 Å². The van der Waals surface area contributed by atoms with E-state index in [2.05, 4.69) is 5.32 Å². The molecule has 0 saturated heterocycles. The number of carbonyl (C=O) groups is 1. The van der Waals surface area contributed by atoms with Crippen LogP contribution in [0.3, 0.4) is 0 Å². The number of benzene rings is 1. The van der Waals surface area contributed by atoms with Gasteiger partial charge in [0.15, 0.2) is 0 Å². The summed E-state index contributed by atoms with van der Waals surface area (Å²) in [6.07, 6.45) is 0. The molecule has 0 unspecified atom stereocenters. The summed E-state index contributed by atoms with van der Waals surface area (Å²) in [6.45, 7) is 3.50. The van der Waals surface area contributed by atoms with E-state index in [1.165, 1.54) is 24.3 Å². The Morgan fingerprint density at radius 1 is 1.40 bits per heavy atom. The molecule has 0 aromatic heterocycles. The molecule has 0 fully saturated rings. The number of nitrogens with one attached hydrogen (secondary N) is 1. The maximum Gasteiger partial charge on any atom is 0.231 e. The van der Waals surface area contributed by atoms with Crippen molar-refractivity contribution in [2.45, 2.75) is 13.8 Å². The van der Waals surface area contributed by atoms with Gasteiger partial charge >= 0.3 is 0 Å². The van der Waals surface area contributed by atoms with E-state index in [1.807, 2.05) is 0 Å². The van der Waals surface area contributed by atoms with Gasteiger partial charge in [-0.3, -0.25) is 4.79 Å². The van der Waals surface area contributed by atoms with Crippen LogP contribution in [0.25, 0.3) is 0 Å². The second kappa shape index (κ2) is 4.62. The van der Waals surface area contributed by atoms with Gasteiger partial charge in [0, 0.05) is 11.6 Å². The fourth-order valence-electron chi connectivity index (χ4n) is 0.894. The molecular weight excluding hydrogens is 217 g/mol. The zero-order chi connectivity index (χ0) is 11.5. The van der Waals surface area contributed by atoms with Crippen molar-refractivity contribution < 1.29 is 9.18 Å². The van der Waals surface area contributed by atoms with Crippen molar-refractivity contribution in [1.82, 2.24) is 0 Å². The molecule has 0 spiro atoms. The highest BCUT2D eigenvalue weighted by Crippen LogP contribution is 2.20. The molecule has 0 heterocycles. The van der Waals surface area contributed by atoms with Crippen molar-refractivity contribution in [2.75, 3.05) is 11.2 Å². The van der Waals surface area contributed by atoms with Crippen LogP contribution in [0.2, 0.25) is 0 Å². The molecule has 1 rings (SSSR count). The Kier molecular flexibility index (Phi) is 3.69. The first-order chi connectivity index (χ1) is 6.95. The van der Waals surface area contributed by atoms with Crippen molar-refractivity contribution in [3.05, 3.63) is 30.1 Å². The van der Waals surface area contributed by atoms with Crippen LogP contribution in [-0.4, -0.2) is 11.8 Å². The second-order valence-electron chi connectivity index (χ2n) is 3.98. The summed E-state index contributed by atoms with van der Waals surface area (Å²) in [4.78, 5) is 11.7. The Balaban J connectivity index is 2.71. The minimum absolute atomic E-state index is 0.177. The van der Waals surface area contributed by atoms with Gasteiger partial charge < -0.3 is 5.32 Å². The lowest BCUT2D eigenvalue weighted by Gasteiger charge is -2.20. The molecule has 0 saturated carbocycles. The fraction of sp³-hybridized carbons (Fsp3) is 0.364. The van der Waals surface area contributed by atoms with E-state index in [0.29, 0.717) is 5.69 Å². The molecule has 4 heteroatoms. The molecule has 1 amide bonds. The Labute approximate surface area is 93.4 Å². The number of alkyl halides is 1. The third-order valence-electron chi connectivity index (χ3n) is 2.05. The molecule has 0 atom stereocenters. The largest absolute Gasteiger partial charge is 0.326 e. The van der Waals surface area contributed by atoms with E-state index in [1.54, 1.807) is 13.8 Å². The number of rotatable bonds is 3. The summed E-state index contributed by atoms with van der Waals surface area (Å²) in [5.41, 5.74) is -0.0600. The van der Waals surface area contributed by atoms with Gasteiger partial charge in [-0.2, -0.15) is 0 Å². The van der Waals surface area contributed by atoms with Crippen LogP contribution in [0.1, 0.15) is 13.8 Å². The highest BCUT2D eigenvalue weighted by atomic mass is 35.5. The molecular formula is C11H13ClFNO. The maximum atomic E-state index is 12.6. The van der Waals surface area contributed by atoms with Gasteiger partial charge in [0.05, 0.1) is 5.41 Å². The monoisotopic (exact) mass is 229 g/mol. The second-order valence-corrected chi connectivity index (χ2v) is 4.25. The van der Waals surface area contributed by atoms with Gasteiger partial charge in [0.1, 0.15) is 5.82 Å². The Morgan fingerprint density at radius 2 is 1.93 bits per heavy atom. The molecule has 1 N–H and O–H groups in total. The van der Waals surface area contributed by atoms with Crippen LogP contribution in [-0.2, 0) is 4.79 Å². The van der Waals surface area contributed by atoms with Crippen LogP contribution in [0, 0.1) is 11.2 Å². The summed E-state index contributed by atoms with van der Waals surface area (Å²) in [6, 6.07) is 5.61. The Bertz CT molecular complexity index is 348. The van der Waals surface area contributed by atoms with E-state index in [9.17, 15) is 9.18 Å². The minimum atomic E-state index is -0.629. The predicted molar refractivity (Wildman–Crippen MR) is 59.5 cm³/mol. The lowest BCUT2D eigenvalue weighted by atomic mass is 9.95. The number of anilines is 1. The minimum Gasteiger partial charge on any atom is -0.326 e. The van der Waals surface area contributed by atoms with Crippen LogP contribution in [0.5, 0.6) is 0 Å².